The summed E-state index contributed by atoms with van der Waals surface area (Å²) >= 11 is 0. The molecule has 0 aliphatic heterocycles. The van der Waals surface area contributed by atoms with E-state index < -0.39 is 5.97 Å². The molecule has 1 fully saturated rings. The molecule has 1 aromatic heterocycles. The molecule has 3 rings (SSSR count). The molecule has 1 aromatic carbocycles. The Labute approximate surface area is 117 Å². The van der Waals surface area contributed by atoms with Crippen LogP contribution in [-0.4, -0.2) is 16.1 Å². The molecule has 1 heterocycles. The summed E-state index contributed by atoms with van der Waals surface area (Å²) in [6.45, 7) is 0. The Morgan fingerprint density at radius 3 is 2.40 bits per heavy atom. The second-order valence-electron chi connectivity index (χ2n) is 4.99. The van der Waals surface area contributed by atoms with Gasteiger partial charge in [-0.3, -0.25) is 0 Å². The molecule has 20 heavy (non-hydrogen) atoms. The Bertz CT molecular complexity index is 601. The van der Waals surface area contributed by atoms with Crippen LogP contribution in [0.1, 0.15) is 41.1 Å². The van der Waals surface area contributed by atoms with E-state index in [0.717, 1.165) is 0 Å². The van der Waals surface area contributed by atoms with Crippen molar-refractivity contribution in [3.05, 3.63) is 53.7 Å². The summed E-state index contributed by atoms with van der Waals surface area (Å²) in [6.07, 6.45) is 5.17. The van der Waals surface area contributed by atoms with Gasteiger partial charge in [-0.05, 0) is 42.5 Å². The van der Waals surface area contributed by atoms with Crippen LogP contribution in [-0.2, 0) is 0 Å². The maximum absolute atomic E-state index is 10.7. The fourth-order valence-electron chi connectivity index (χ4n) is 2.24. The summed E-state index contributed by atoms with van der Waals surface area (Å²) in [5.74, 6) is 0.820. The fraction of sp³-hybridized carbons (Fsp3) is 0.250. The van der Waals surface area contributed by atoms with Crippen molar-refractivity contribution in [1.29, 1.82) is 0 Å². The lowest BCUT2D eigenvalue weighted by molar-refractivity contribution is 0.0696. The van der Waals surface area contributed by atoms with Gasteiger partial charge in [-0.15, -0.1) is 0 Å². The van der Waals surface area contributed by atoms with Gasteiger partial charge in [0.05, 0.1) is 5.56 Å². The van der Waals surface area contributed by atoms with Crippen LogP contribution in [0.25, 0.3) is 0 Å². The number of pyridine rings is 1. The van der Waals surface area contributed by atoms with Crippen LogP contribution in [0.3, 0.4) is 0 Å². The van der Waals surface area contributed by atoms with Crippen LogP contribution in [0.4, 0.5) is 0 Å². The number of carboxylic acid groups (broad SMARTS) is 1. The van der Waals surface area contributed by atoms with Crippen LogP contribution >= 0.6 is 0 Å². The number of aromatic carboxylic acids is 1. The van der Waals surface area contributed by atoms with E-state index in [9.17, 15) is 4.79 Å². The van der Waals surface area contributed by atoms with Gasteiger partial charge in [-0.2, -0.15) is 0 Å². The molecule has 0 atom stereocenters. The number of carboxylic acids is 1. The SMILES string of the molecule is O=C(O)c1ccc(Oc2ccc(C3CCC3)cc2)nc1. The first-order valence-corrected chi connectivity index (χ1v) is 6.69. The van der Waals surface area contributed by atoms with Gasteiger partial charge in [-0.1, -0.05) is 18.6 Å². The standard InChI is InChI=1S/C16H15NO3/c18-16(19)13-6-9-15(17-10-13)20-14-7-4-12(5-8-14)11-2-1-3-11/h4-11H,1-3H2,(H,18,19). The molecule has 4 nitrogen and oxygen atoms in total. The third kappa shape index (κ3) is 2.64. The van der Waals surface area contributed by atoms with Gasteiger partial charge in [0.2, 0.25) is 5.88 Å². The maximum Gasteiger partial charge on any atom is 0.337 e. The molecule has 0 bridgehead atoms. The van der Waals surface area contributed by atoms with Crippen molar-refractivity contribution >= 4 is 5.97 Å². The van der Waals surface area contributed by atoms with E-state index >= 15 is 0 Å². The molecule has 0 unspecified atom stereocenters. The Kier molecular flexibility index (Phi) is 3.37. The van der Waals surface area contributed by atoms with E-state index in [-0.39, 0.29) is 5.56 Å². The molecule has 1 N–H and O–H groups in total. The molecule has 1 saturated carbocycles. The third-order valence-electron chi connectivity index (χ3n) is 3.66. The number of hydrogen-bond acceptors (Lipinski definition) is 3. The molecule has 0 saturated heterocycles. The number of carbonyl (C=O) groups is 1. The summed E-state index contributed by atoms with van der Waals surface area (Å²) in [7, 11) is 0. The monoisotopic (exact) mass is 269 g/mol. The van der Waals surface area contributed by atoms with Crippen molar-refractivity contribution in [2.45, 2.75) is 25.2 Å². The largest absolute Gasteiger partial charge is 0.478 e. The first-order valence-electron chi connectivity index (χ1n) is 6.69. The van der Waals surface area contributed by atoms with E-state index in [0.29, 0.717) is 17.5 Å². The molecule has 102 valence electrons. The summed E-state index contributed by atoms with van der Waals surface area (Å²) in [5.41, 5.74) is 1.51. The number of aromatic nitrogens is 1. The predicted molar refractivity (Wildman–Crippen MR) is 74.3 cm³/mol. The summed E-state index contributed by atoms with van der Waals surface area (Å²) in [6, 6.07) is 11.1. The van der Waals surface area contributed by atoms with Gasteiger partial charge in [0.1, 0.15) is 5.75 Å². The second kappa shape index (κ2) is 5.33. The summed E-state index contributed by atoms with van der Waals surface area (Å²) in [4.78, 5) is 14.7. The third-order valence-corrected chi connectivity index (χ3v) is 3.66. The Hall–Kier alpha value is -2.36. The number of nitrogens with zero attached hydrogens (tertiary/aromatic N) is 1. The van der Waals surface area contributed by atoms with Crippen molar-refractivity contribution < 1.29 is 14.6 Å². The summed E-state index contributed by atoms with van der Waals surface area (Å²) in [5, 5.41) is 8.80. The lowest BCUT2D eigenvalue weighted by atomic mass is 9.80. The molecule has 1 aliphatic rings. The molecule has 0 spiro atoms. The highest BCUT2D eigenvalue weighted by Gasteiger charge is 2.19. The van der Waals surface area contributed by atoms with Gasteiger partial charge in [0.25, 0.3) is 0 Å². The minimum Gasteiger partial charge on any atom is -0.478 e. The van der Waals surface area contributed by atoms with E-state index in [1.807, 2.05) is 12.1 Å². The van der Waals surface area contributed by atoms with Crippen molar-refractivity contribution in [2.75, 3.05) is 0 Å². The lowest BCUT2D eigenvalue weighted by Crippen LogP contribution is -2.08. The average Bonchev–Trinajstić information content (AvgIpc) is 2.39. The highest BCUT2D eigenvalue weighted by Crippen LogP contribution is 2.37. The number of ether oxygens (including phenoxy) is 1. The Balaban J connectivity index is 1.68. The molecular formula is C16H15NO3. The van der Waals surface area contributed by atoms with Crippen molar-refractivity contribution in [1.82, 2.24) is 4.98 Å². The van der Waals surface area contributed by atoms with Crippen LogP contribution in [0.15, 0.2) is 42.6 Å². The lowest BCUT2D eigenvalue weighted by Gasteiger charge is -2.25. The Morgan fingerprint density at radius 2 is 1.90 bits per heavy atom. The molecule has 2 aromatic rings. The average molecular weight is 269 g/mol. The first-order chi connectivity index (χ1) is 9.72. The smallest absolute Gasteiger partial charge is 0.337 e. The normalized spacial score (nSPS) is 14.6. The molecule has 0 amide bonds. The quantitative estimate of drug-likeness (QED) is 0.916. The topological polar surface area (TPSA) is 59.4 Å². The highest BCUT2D eigenvalue weighted by atomic mass is 16.5. The predicted octanol–water partition coefficient (Wildman–Crippen LogP) is 3.84. The minimum absolute atomic E-state index is 0.151. The van der Waals surface area contributed by atoms with Gasteiger partial charge in [-0.25, -0.2) is 9.78 Å². The molecule has 4 heteroatoms. The van der Waals surface area contributed by atoms with Gasteiger partial charge in [0, 0.05) is 12.3 Å². The zero-order chi connectivity index (χ0) is 13.9. The number of hydrogen-bond donors (Lipinski definition) is 1. The van der Waals surface area contributed by atoms with Crippen molar-refractivity contribution in [3.8, 4) is 11.6 Å². The Morgan fingerprint density at radius 1 is 1.15 bits per heavy atom. The maximum atomic E-state index is 10.7. The van der Waals surface area contributed by atoms with Crippen LogP contribution in [0, 0.1) is 0 Å². The van der Waals surface area contributed by atoms with Crippen molar-refractivity contribution in [2.24, 2.45) is 0 Å². The van der Waals surface area contributed by atoms with Crippen LogP contribution in [0.5, 0.6) is 11.6 Å². The molecule has 0 radical (unpaired) electrons. The van der Waals surface area contributed by atoms with Gasteiger partial charge in [0.15, 0.2) is 0 Å². The van der Waals surface area contributed by atoms with E-state index in [1.165, 1.54) is 37.1 Å². The minimum atomic E-state index is -0.992. The van der Waals surface area contributed by atoms with E-state index in [1.54, 1.807) is 6.07 Å². The van der Waals surface area contributed by atoms with E-state index in [4.69, 9.17) is 9.84 Å². The van der Waals surface area contributed by atoms with Crippen molar-refractivity contribution in [3.63, 3.8) is 0 Å². The number of rotatable bonds is 4. The number of benzene rings is 1. The van der Waals surface area contributed by atoms with Crippen LogP contribution < -0.4 is 4.74 Å². The zero-order valence-electron chi connectivity index (χ0n) is 11.0. The van der Waals surface area contributed by atoms with Gasteiger partial charge < -0.3 is 9.84 Å². The van der Waals surface area contributed by atoms with E-state index in [2.05, 4.69) is 17.1 Å². The molecular weight excluding hydrogens is 254 g/mol. The second-order valence-corrected chi connectivity index (χ2v) is 4.99. The molecule has 1 aliphatic carbocycles. The van der Waals surface area contributed by atoms with Gasteiger partial charge >= 0.3 is 5.97 Å². The summed E-state index contributed by atoms with van der Waals surface area (Å²) < 4.78 is 5.60. The first kappa shape index (κ1) is 12.7. The fourth-order valence-corrected chi connectivity index (χ4v) is 2.24. The van der Waals surface area contributed by atoms with Crippen LogP contribution in [0.2, 0.25) is 0 Å². The highest BCUT2D eigenvalue weighted by molar-refractivity contribution is 5.87. The zero-order valence-corrected chi connectivity index (χ0v) is 11.0.